The third-order valence-electron chi connectivity index (χ3n) is 3.10. The van der Waals surface area contributed by atoms with Gasteiger partial charge in [-0.05, 0) is 0 Å². The summed E-state index contributed by atoms with van der Waals surface area (Å²) in [6.45, 7) is 6.00. The van der Waals surface area contributed by atoms with Crippen LogP contribution in [0.5, 0.6) is 0 Å². The summed E-state index contributed by atoms with van der Waals surface area (Å²) in [7, 11) is 0. The van der Waals surface area contributed by atoms with E-state index in [9.17, 15) is 0 Å². The summed E-state index contributed by atoms with van der Waals surface area (Å²) in [4.78, 5) is 0. The maximum Gasteiger partial charge on any atom is 4.00 e. The molecule has 116 valence electrons. The van der Waals surface area contributed by atoms with Crippen LogP contribution in [0.3, 0.4) is 0 Å². The van der Waals surface area contributed by atoms with E-state index >= 15 is 0 Å². The number of hydrogen-bond donors (Lipinski definition) is 0. The van der Waals surface area contributed by atoms with Gasteiger partial charge < -0.3 is 24.8 Å². The van der Waals surface area contributed by atoms with Crippen LogP contribution in [-0.2, 0) is 25.8 Å². The van der Waals surface area contributed by atoms with Gasteiger partial charge in [-0.15, -0.1) is 72.5 Å². The molecule has 23 heavy (non-hydrogen) atoms. The van der Waals surface area contributed by atoms with Crippen LogP contribution >= 0.6 is 0 Å². The predicted octanol–water partition coefficient (Wildman–Crippen LogP) is -0.0749. The van der Waals surface area contributed by atoms with Crippen molar-refractivity contribution in [2.24, 2.45) is 0 Å². The molecular formula is C20H18Cl2Hf. The Morgan fingerprint density at radius 2 is 0.913 bits per heavy atom. The van der Waals surface area contributed by atoms with Crippen molar-refractivity contribution in [1.82, 2.24) is 0 Å². The Kier molecular flexibility index (Phi) is 13.9. The van der Waals surface area contributed by atoms with Crippen LogP contribution in [0.25, 0.3) is 21.5 Å². The van der Waals surface area contributed by atoms with Gasteiger partial charge in [-0.25, -0.2) is 0 Å². The zero-order chi connectivity index (χ0) is 14.2. The van der Waals surface area contributed by atoms with Crippen molar-refractivity contribution in [1.29, 1.82) is 0 Å². The fourth-order valence-electron chi connectivity index (χ4n) is 2.14. The Morgan fingerprint density at radius 3 is 1.26 bits per heavy atom. The number of halogens is 2. The van der Waals surface area contributed by atoms with Crippen molar-refractivity contribution in [2.75, 3.05) is 0 Å². The second-order valence-corrected chi connectivity index (χ2v) is 4.31. The molecule has 0 aliphatic rings. The third kappa shape index (κ3) is 6.87. The summed E-state index contributed by atoms with van der Waals surface area (Å²) >= 11 is 0. The van der Waals surface area contributed by atoms with Crippen molar-refractivity contribution in [3.63, 3.8) is 0 Å². The molecule has 0 amide bonds. The first kappa shape index (κ1) is 24.1. The van der Waals surface area contributed by atoms with Gasteiger partial charge in [-0.3, -0.25) is 0 Å². The molecule has 0 nitrogen and oxygen atoms in total. The van der Waals surface area contributed by atoms with E-state index in [1.807, 2.05) is 0 Å². The van der Waals surface area contributed by atoms with Gasteiger partial charge in [0.25, 0.3) is 0 Å². The fourth-order valence-corrected chi connectivity index (χ4v) is 2.14. The van der Waals surface area contributed by atoms with Gasteiger partial charge in [-0.2, -0.15) is 35.0 Å². The molecule has 0 aliphatic heterocycles. The maximum absolute atomic E-state index is 3.00. The first-order valence-corrected chi connectivity index (χ1v) is 6.64. The minimum atomic E-state index is 0. The van der Waals surface area contributed by atoms with Crippen LogP contribution in [0, 0.1) is 0 Å². The van der Waals surface area contributed by atoms with E-state index in [0.717, 1.165) is 0 Å². The van der Waals surface area contributed by atoms with E-state index in [1.54, 1.807) is 0 Å². The topological polar surface area (TPSA) is 0 Å². The first-order valence-electron chi connectivity index (χ1n) is 6.64. The molecule has 0 saturated heterocycles. The van der Waals surface area contributed by atoms with Crippen molar-refractivity contribution in [2.45, 2.75) is 0 Å². The Balaban J connectivity index is 0. The summed E-state index contributed by atoms with van der Waals surface area (Å²) in [5.74, 6) is 0. The molecule has 4 aromatic carbocycles. The minimum absolute atomic E-state index is 0. The Labute approximate surface area is 169 Å². The molecule has 0 heterocycles. The zero-order valence-electron chi connectivity index (χ0n) is 12.8. The SMILES string of the molecule is C=C.[Cl-].[Cl-].[Hf+4].c1ccc2[cH-]ccc2c1.c1ccc2[cH-]ccc2c1. The van der Waals surface area contributed by atoms with Crippen LogP contribution in [0.1, 0.15) is 0 Å². The second-order valence-electron chi connectivity index (χ2n) is 4.31. The van der Waals surface area contributed by atoms with Crippen LogP contribution in [0.4, 0.5) is 0 Å². The fraction of sp³-hybridized carbons (Fsp3) is 0. The van der Waals surface area contributed by atoms with Crippen LogP contribution < -0.4 is 24.8 Å². The molecular weight excluding hydrogens is 490 g/mol. The maximum atomic E-state index is 3.00. The number of fused-ring (bicyclic) bond motifs is 2. The largest absolute Gasteiger partial charge is 4.00 e. The molecule has 0 atom stereocenters. The molecule has 0 aliphatic carbocycles. The predicted molar refractivity (Wildman–Crippen MR) is 90.3 cm³/mol. The summed E-state index contributed by atoms with van der Waals surface area (Å²) < 4.78 is 0. The van der Waals surface area contributed by atoms with Crippen LogP contribution in [0.15, 0.2) is 98.1 Å². The molecule has 4 aromatic rings. The molecule has 0 N–H and O–H groups in total. The molecule has 0 saturated carbocycles. The average molecular weight is 508 g/mol. The summed E-state index contributed by atoms with van der Waals surface area (Å²) in [5.41, 5.74) is 0. The smallest absolute Gasteiger partial charge is 1.00 e. The van der Waals surface area contributed by atoms with Crippen LogP contribution in [-0.4, -0.2) is 0 Å². The summed E-state index contributed by atoms with van der Waals surface area (Å²) in [6, 6.07) is 29.3. The van der Waals surface area contributed by atoms with Gasteiger partial charge in [0.15, 0.2) is 0 Å². The number of hydrogen-bond acceptors (Lipinski definition) is 0. The van der Waals surface area contributed by atoms with E-state index in [0.29, 0.717) is 0 Å². The summed E-state index contributed by atoms with van der Waals surface area (Å²) in [6.07, 6.45) is 0. The summed E-state index contributed by atoms with van der Waals surface area (Å²) in [5, 5.41) is 5.32. The van der Waals surface area contributed by atoms with Gasteiger partial charge in [-0.1, -0.05) is 12.1 Å². The number of benzene rings is 2. The van der Waals surface area contributed by atoms with Crippen molar-refractivity contribution in [3.05, 3.63) is 98.1 Å². The van der Waals surface area contributed by atoms with E-state index in [4.69, 9.17) is 0 Å². The molecule has 3 heteroatoms. The molecule has 0 fully saturated rings. The van der Waals surface area contributed by atoms with E-state index in [2.05, 4.69) is 98.1 Å². The normalized spacial score (nSPS) is 8.17. The Morgan fingerprint density at radius 1 is 0.565 bits per heavy atom. The number of rotatable bonds is 0. The van der Waals surface area contributed by atoms with Gasteiger partial charge in [0.1, 0.15) is 0 Å². The van der Waals surface area contributed by atoms with Gasteiger partial charge in [0, 0.05) is 0 Å². The van der Waals surface area contributed by atoms with E-state index in [-0.39, 0.29) is 50.7 Å². The minimum Gasteiger partial charge on any atom is -1.00 e. The van der Waals surface area contributed by atoms with Crippen molar-refractivity contribution in [3.8, 4) is 0 Å². The standard InChI is InChI=1S/2C9H7.C2H4.2ClH.Hf/c2*1-2-5-9-7-3-6-8(9)4-1;1-2;;;/h2*1-7H;1-2H2;2*1H;/q2*-1;;;;+4/p-2. The zero-order valence-corrected chi connectivity index (χ0v) is 17.9. The second kappa shape index (κ2) is 13.3. The van der Waals surface area contributed by atoms with E-state index in [1.165, 1.54) is 21.5 Å². The van der Waals surface area contributed by atoms with Crippen molar-refractivity contribution >= 4 is 21.5 Å². The molecule has 0 spiro atoms. The monoisotopic (exact) mass is 508 g/mol. The molecule has 0 bridgehead atoms. The van der Waals surface area contributed by atoms with Crippen LogP contribution in [0.2, 0.25) is 0 Å². The molecule has 4 rings (SSSR count). The molecule has 0 radical (unpaired) electrons. The Hall–Kier alpha value is -1.15. The van der Waals surface area contributed by atoms with E-state index < -0.39 is 0 Å². The van der Waals surface area contributed by atoms with Gasteiger partial charge in [0.2, 0.25) is 0 Å². The third-order valence-corrected chi connectivity index (χ3v) is 3.10. The van der Waals surface area contributed by atoms with Gasteiger partial charge >= 0.3 is 25.8 Å². The molecule has 0 unspecified atom stereocenters. The molecule has 0 aromatic heterocycles. The average Bonchev–Trinajstić information content (AvgIpc) is 3.18. The van der Waals surface area contributed by atoms with Gasteiger partial charge in [0.05, 0.1) is 0 Å². The Bertz CT molecular complexity index is 645. The quantitative estimate of drug-likeness (QED) is 0.178. The first-order chi connectivity index (χ1) is 9.93. The van der Waals surface area contributed by atoms with Crippen molar-refractivity contribution < 1.29 is 50.7 Å².